The maximum Gasteiger partial charge on any atom is 0.193 e. The summed E-state index contributed by atoms with van der Waals surface area (Å²) >= 11 is 6.00. The standard InChI is InChI=1S/C13H20ClN7/c1-15-13(17-4-5-21-10-16-9-18-21)20(3)8-12-6-11(14)7-19(12)2/h6-7,9-10H,4-5,8H2,1-3H3,(H,15,17). The highest BCUT2D eigenvalue weighted by molar-refractivity contribution is 6.30. The lowest BCUT2D eigenvalue weighted by Gasteiger charge is -2.22. The van der Waals surface area contributed by atoms with Crippen molar-refractivity contribution in [1.82, 2.24) is 29.5 Å². The zero-order chi connectivity index (χ0) is 15.2. The molecule has 2 heterocycles. The summed E-state index contributed by atoms with van der Waals surface area (Å²) in [6.45, 7) is 2.20. The summed E-state index contributed by atoms with van der Waals surface area (Å²) in [5.41, 5.74) is 1.13. The zero-order valence-electron chi connectivity index (χ0n) is 12.5. The fourth-order valence-electron chi connectivity index (χ4n) is 2.06. The van der Waals surface area contributed by atoms with Gasteiger partial charge < -0.3 is 14.8 Å². The second-order valence-corrected chi connectivity index (χ2v) is 5.19. The number of aromatic nitrogens is 4. The molecule has 0 saturated carbocycles. The summed E-state index contributed by atoms with van der Waals surface area (Å²) in [6.07, 6.45) is 5.12. The molecule has 0 spiro atoms. The molecular weight excluding hydrogens is 290 g/mol. The quantitative estimate of drug-likeness (QED) is 0.660. The molecule has 2 rings (SSSR count). The van der Waals surface area contributed by atoms with Gasteiger partial charge in [0, 0.05) is 39.6 Å². The molecule has 0 aliphatic rings. The van der Waals surface area contributed by atoms with Crippen molar-refractivity contribution >= 4 is 17.6 Å². The number of hydrogen-bond acceptors (Lipinski definition) is 3. The van der Waals surface area contributed by atoms with E-state index >= 15 is 0 Å². The fourth-order valence-corrected chi connectivity index (χ4v) is 2.33. The van der Waals surface area contributed by atoms with Crippen LogP contribution in [0.1, 0.15) is 5.69 Å². The lowest BCUT2D eigenvalue weighted by Crippen LogP contribution is -2.40. The van der Waals surface area contributed by atoms with Crippen LogP contribution >= 0.6 is 11.6 Å². The molecule has 0 saturated heterocycles. The molecule has 0 aromatic carbocycles. The SMILES string of the molecule is CN=C(NCCn1cncn1)N(C)Cc1cc(Cl)cn1C. The second-order valence-electron chi connectivity index (χ2n) is 4.75. The van der Waals surface area contributed by atoms with Crippen LogP contribution in [0.25, 0.3) is 0 Å². The molecule has 114 valence electrons. The van der Waals surface area contributed by atoms with Gasteiger partial charge in [-0.3, -0.25) is 9.67 Å². The Balaban J connectivity index is 1.86. The van der Waals surface area contributed by atoms with E-state index in [2.05, 4.69) is 20.4 Å². The summed E-state index contributed by atoms with van der Waals surface area (Å²) in [4.78, 5) is 10.2. The molecular formula is C13H20ClN7. The van der Waals surface area contributed by atoms with Crippen LogP contribution in [0.2, 0.25) is 5.02 Å². The first kappa shape index (κ1) is 15.4. The Labute approximate surface area is 129 Å². The summed E-state index contributed by atoms with van der Waals surface area (Å²) in [6, 6.07) is 1.96. The Kier molecular flexibility index (Phi) is 5.21. The lowest BCUT2D eigenvalue weighted by atomic mass is 10.4. The van der Waals surface area contributed by atoms with Gasteiger partial charge in [0.25, 0.3) is 0 Å². The van der Waals surface area contributed by atoms with E-state index in [0.29, 0.717) is 0 Å². The molecule has 2 aromatic rings. The van der Waals surface area contributed by atoms with Crippen LogP contribution in [0.15, 0.2) is 29.9 Å². The summed E-state index contributed by atoms with van der Waals surface area (Å²) < 4.78 is 3.79. The third-order valence-electron chi connectivity index (χ3n) is 3.14. The van der Waals surface area contributed by atoms with Gasteiger partial charge in [-0.15, -0.1) is 0 Å². The lowest BCUT2D eigenvalue weighted by molar-refractivity contribution is 0.457. The van der Waals surface area contributed by atoms with E-state index in [-0.39, 0.29) is 0 Å². The van der Waals surface area contributed by atoms with E-state index < -0.39 is 0 Å². The molecule has 0 amide bonds. The summed E-state index contributed by atoms with van der Waals surface area (Å²) in [7, 11) is 5.74. The topological polar surface area (TPSA) is 63.3 Å². The molecule has 0 atom stereocenters. The molecule has 0 fully saturated rings. The molecule has 7 nitrogen and oxygen atoms in total. The summed E-state index contributed by atoms with van der Waals surface area (Å²) in [5.74, 6) is 0.826. The van der Waals surface area contributed by atoms with E-state index in [1.54, 1.807) is 18.1 Å². The van der Waals surface area contributed by atoms with Gasteiger partial charge in [-0.1, -0.05) is 11.6 Å². The number of hydrogen-bond donors (Lipinski definition) is 1. The van der Waals surface area contributed by atoms with Gasteiger partial charge in [-0.25, -0.2) is 4.98 Å². The highest BCUT2D eigenvalue weighted by Crippen LogP contribution is 2.14. The Bertz CT molecular complexity index is 588. The van der Waals surface area contributed by atoms with E-state index in [4.69, 9.17) is 11.6 Å². The Hall–Kier alpha value is -2.02. The van der Waals surface area contributed by atoms with Crippen LogP contribution in [0, 0.1) is 0 Å². The number of aliphatic imine (C=N–C) groups is 1. The van der Waals surface area contributed by atoms with Gasteiger partial charge in [0.2, 0.25) is 0 Å². The van der Waals surface area contributed by atoms with Crippen LogP contribution in [0.3, 0.4) is 0 Å². The van der Waals surface area contributed by atoms with Crippen LogP contribution in [-0.2, 0) is 20.1 Å². The number of guanidine groups is 1. The smallest absolute Gasteiger partial charge is 0.193 e. The fraction of sp³-hybridized carbons (Fsp3) is 0.462. The minimum absolute atomic E-state index is 0.728. The molecule has 2 aromatic heterocycles. The van der Waals surface area contributed by atoms with Crippen molar-refractivity contribution in [2.24, 2.45) is 12.0 Å². The Morgan fingerprint density at radius 3 is 2.90 bits per heavy atom. The minimum atomic E-state index is 0.728. The predicted molar refractivity (Wildman–Crippen MR) is 83.3 cm³/mol. The van der Waals surface area contributed by atoms with Gasteiger partial charge in [0.05, 0.1) is 18.1 Å². The van der Waals surface area contributed by atoms with Crippen molar-refractivity contribution in [1.29, 1.82) is 0 Å². The number of rotatable bonds is 5. The Morgan fingerprint density at radius 2 is 2.33 bits per heavy atom. The molecule has 8 heteroatoms. The van der Waals surface area contributed by atoms with Gasteiger partial charge in [0.1, 0.15) is 12.7 Å². The van der Waals surface area contributed by atoms with Gasteiger partial charge >= 0.3 is 0 Å². The minimum Gasteiger partial charge on any atom is -0.354 e. The molecule has 21 heavy (non-hydrogen) atoms. The first-order chi connectivity index (χ1) is 10.1. The van der Waals surface area contributed by atoms with Gasteiger partial charge in [-0.2, -0.15) is 5.10 Å². The number of nitrogens with zero attached hydrogens (tertiary/aromatic N) is 6. The van der Waals surface area contributed by atoms with Crippen LogP contribution in [0.4, 0.5) is 0 Å². The van der Waals surface area contributed by atoms with Gasteiger partial charge in [0.15, 0.2) is 5.96 Å². The monoisotopic (exact) mass is 309 g/mol. The number of aryl methyl sites for hydroxylation is 1. The normalized spacial score (nSPS) is 11.7. The van der Waals surface area contributed by atoms with Crippen LogP contribution in [-0.4, -0.2) is 50.8 Å². The van der Waals surface area contributed by atoms with Crippen molar-refractivity contribution in [2.75, 3.05) is 20.6 Å². The van der Waals surface area contributed by atoms with Crippen molar-refractivity contribution in [3.63, 3.8) is 0 Å². The molecule has 0 aliphatic heterocycles. The molecule has 0 aliphatic carbocycles. The van der Waals surface area contributed by atoms with Crippen molar-refractivity contribution in [3.8, 4) is 0 Å². The average molecular weight is 310 g/mol. The first-order valence-corrected chi connectivity index (χ1v) is 7.03. The molecule has 0 radical (unpaired) electrons. The Morgan fingerprint density at radius 1 is 1.52 bits per heavy atom. The predicted octanol–water partition coefficient (Wildman–Crippen LogP) is 0.977. The molecule has 1 N–H and O–H groups in total. The van der Waals surface area contributed by atoms with Crippen LogP contribution < -0.4 is 5.32 Å². The molecule has 0 bridgehead atoms. The van der Waals surface area contributed by atoms with Crippen molar-refractivity contribution < 1.29 is 0 Å². The van der Waals surface area contributed by atoms with Crippen molar-refractivity contribution in [3.05, 3.63) is 35.6 Å². The highest BCUT2D eigenvalue weighted by Gasteiger charge is 2.09. The number of nitrogens with one attached hydrogen (secondary N) is 1. The van der Waals surface area contributed by atoms with E-state index in [0.717, 1.165) is 36.3 Å². The van der Waals surface area contributed by atoms with E-state index in [1.807, 2.05) is 35.8 Å². The van der Waals surface area contributed by atoms with Crippen LogP contribution in [0.5, 0.6) is 0 Å². The van der Waals surface area contributed by atoms with E-state index in [9.17, 15) is 0 Å². The molecule has 0 unspecified atom stereocenters. The third kappa shape index (κ3) is 4.22. The zero-order valence-corrected chi connectivity index (χ0v) is 13.2. The maximum absolute atomic E-state index is 6.00. The third-order valence-corrected chi connectivity index (χ3v) is 3.34. The highest BCUT2D eigenvalue weighted by atomic mass is 35.5. The first-order valence-electron chi connectivity index (χ1n) is 6.65. The average Bonchev–Trinajstić information content (AvgIpc) is 3.05. The van der Waals surface area contributed by atoms with E-state index in [1.165, 1.54) is 6.33 Å². The maximum atomic E-state index is 6.00. The summed E-state index contributed by atoms with van der Waals surface area (Å²) in [5, 5.41) is 8.10. The largest absolute Gasteiger partial charge is 0.354 e. The number of halogens is 1. The second kappa shape index (κ2) is 7.12. The van der Waals surface area contributed by atoms with Gasteiger partial charge in [-0.05, 0) is 6.07 Å². The van der Waals surface area contributed by atoms with Crippen molar-refractivity contribution in [2.45, 2.75) is 13.1 Å².